The highest BCUT2D eigenvalue weighted by molar-refractivity contribution is 9.10. The molecule has 0 fully saturated rings. The first-order valence-corrected chi connectivity index (χ1v) is 5.91. The molecule has 0 radical (unpaired) electrons. The van der Waals surface area contributed by atoms with Crippen molar-refractivity contribution in [3.8, 4) is 0 Å². The number of hydrogen-bond donors (Lipinski definition) is 1. The zero-order valence-corrected chi connectivity index (χ0v) is 10.9. The number of methoxy groups -OCH3 is 1. The van der Waals surface area contributed by atoms with Gasteiger partial charge in [0.05, 0.1) is 6.61 Å². The lowest BCUT2D eigenvalue weighted by Gasteiger charge is -2.27. The van der Waals surface area contributed by atoms with E-state index in [1.54, 1.807) is 7.11 Å². The Balaban J connectivity index is 2.70. The van der Waals surface area contributed by atoms with E-state index in [9.17, 15) is 0 Å². The largest absolute Gasteiger partial charge is 0.383 e. The number of hydrogen-bond acceptors (Lipinski definition) is 2. The van der Waals surface area contributed by atoms with Crippen LogP contribution in [0.25, 0.3) is 0 Å². The van der Waals surface area contributed by atoms with Crippen LogP contribution in [0.15, 0.2) is 28.7 Å². The van der Waals surface area contributed by atoms with Crippen LogP contribution in [0, 0.1) is 0 Å². The molecule has 1 unspecified atom stereocenters. The highest BCUT2D eigenvalue weighted by Crippen LogP contribution is 2.17. The van der Waals surface area contributed by atoms with E-state index in [-0.39, 0.29) is 5.54 Å². The Morgan fingerprint density at radius 2 is 1.93 bits per heavy atom. The van der Waals surface area contributed by atoms with E-state index >= 15 is 0 Å². The Labute approximate surface area is 99.9 Å². The number of rotatable bonds is 5. The van der Waals surface area contributed by atoms with Crippen LogP contribution in [0.4, 0.5) is 0 Å². The minimum absolute atomic E-state index is 0.247. The first-order valence-electron chi connectivity index (χ1n) is 5.12. The number of benzene rings is 1. The predicted octanol–water partition coefficient (Wildman–Crippen LogP) is 2.75. The molecule has 1 atom stereocenters. The van der Waals surface area contributed by atoms with E-state index in [0.717, 1.165) is 17.3 Å². The van der Waals surface area contributed by atoms with Crippen LogP contribution in [0.5, 0.6) is 0 Å². The molecular formula is C12H18BrNO. The van der Waals surface area contributed by atoms with Gasteiger partial charge < -0.3 is 10.5 Å². The molecule has 0 aliphatic heterocycles. The molecule has 0 aromatic heterocycles. The van der Waals surface area contributed by atoms with Crippen LogP contribution >= 0.6 is 15.9 Å². The SMILES string of the molecule is CCC(N)(COC)Cc1ccc(Br)cc1. The smallest absolute Gasteiger partial charge is 0.0645 e. The van der Waals surface area contributed by atoms with Crippen LogP contribution in [0.1, 0.15) is 18.9 Å². The molecule has 84 valence electrons. The molecule has 3 heteroatoms. The molecule has 0 aliphatic rings. The van der Waals surface area contributed by atoms with Crippen molar-refractivity contribution in [3.05, 3.63) is 34.3 Å². The normalized spacial score (nSPS) is 14.9. The highest BCUT2D eigenvalue weighted by atomic mass is 79.9. The molecule has 15 heavy (non-hydrogen) atoms. The quantitative estimate of drug-likeness (QED) is 0.894. The summed E-state index contributed by atoms with van der Waals surface area (Å²) in [7, 11) is 1.69. The van der Waals surface area contributed by atoms with Gasteiger partial charge in [0.1, 0.15) is 0 Å². The molecule has 1 aromatic rings. The monoisotopic (exact) mass is 271 g/mol. The van der Waals surface area contributed by atoms with E-state index < -0.39 is 0 Å². The molecule has 0 saturated carbocycles. The summed E-state index contributed by atoms with van der Waals surface area (Å²) in [6, 6.07) is 8.27. The van der Waals surface area contributed by atoms with Gasteiger partial charge in [-0.1, -0.05) is 35.0 Å². The Morgan fingerprint density at radius 1 is 1.33 bits per heavy atom. The molecule has 2 nitrogen and oxygen atoms in total. The van der Waals surface area contributed by atoms with Gasteiger partial charge in [0.15, 0.2) is 0 Å². The molecule has 1 aromatic carbocycles. The van der Waals surface area contributed by atoms with Gasteiger partial charge in [-0.3, -0.25) is 0 Å². The predicted molar refractivity (Wildman–Crippen MR) is 66.9 cm³/mol. The maximum Gasteiger partial charge on any atom is 0.0645 e. The molecular weight excluding hydrogens is 254 g/mol. The van der Waals surface area contributed by atoms with E-state index in [4.69, 9.17) is 10.5 Å². The molecule has 0 amide bonds. The van der Waals surface area contributed by atoms with Gasteiger partial charge in [-0.25, -0.2) is 0 Å². The van der Waals surface area contributed by atoms with E-state index in [1.165, 1.54) is 5.56 Å². The average Bonchev–Trinajstić information content (AvgIpc) is 2.22. The van der Waals surface area contributed by atoms with Gasteiger partial charge in [0.25, 0.3) is 0 Å². The summed E-state index contributed by atoms with van der Waals surface area (Å²) < 4.78 is 6.25. The summed E-state index contributed by atoms with van der Waals surface area (Å²) in [5.74, 6) is 0. The second-order valence-corrected chi connectivity index (χ2v) is 4.87. The van der Waals surface area contributed by atoms with Crippen molar-refractivity contribution >= 4 is 15.9 Å². The fraction of sp³-hybridized carbons (Fsp3) is 0.500. The highest BCUT2D eigenvalue weighted by Gasteiger charge is 2.22. The molecule has 0 aliphatic carbocycles. The van der Waals surface area contributed by atoms with Crippen LogP contribution in [0.3, 0.4) is 0 Å². The van der Waals surface area contributed by atoms with Crippen LogP contribution < -0.4 is 5.73 Å². The minimum Gasteiger partial charge on any atom is -0.383 e. The second-order valence-electron chi connectivity index (χ2n) is 3.95. The fourth-order valence-electron chi connectivity index (χ4n) is 1.57. The summed E-state index contributed by atoms with van der Waals surface area (Å²) in [6.45, 7) is 2.69. The van der Waals surface area contributed by atoms with Crippen molar-refractivity contribution < 1.29 is 4.74 Å². The fourth-order valence-corrected chi connectivity index (χ4v) is 1.84. The Hall–Kier alpha value is -0.380. The third kappa shape index (κ3) is 3.93. The van der Waals surface area contributed by atoms with Gasteiger partial charge >= 0.3 is 0 Å². The molecule has 2 N–H and O–H groups in total. The van der Waals surface area contributed by atoms with Crippen molar-refractivity contribution in [1.82, 2.24) is 0 Å². The summed E-state index contributed by atoms with van der Waals surface area (Å²) >= 11 is 3.42. The molecule has 0 saturated heterocycles. The zero-order valence-electron chi connectivity index (χ0n) is 9.29. The van der Waals surface area contributed by atoms with Crippen molar-refractivity contribution in [2.75, 3.05) is 13.7 Å². The van der Waals surface area contributed by atoms with Crippen molar-refractivity contribution in [1.29, 1.82) is 0 Å². The van der Waals surface area contributed by atoms with Gasteiger partial charge in [-0.05, 0) is 30.5 Å². The minimum atomic E-state index is -0.247. The first-order chi connectivity index (χ1) is 7.09. The van der Waals surface area contributed by atoms with Crippen molar-refractivity contribution in [3.63, 3.8) is 0 Å². The van der Waals surface area contributed by atoms with Crippen LogP contribution in [-0.2, 0) is 11.2 Å². The zero-order chi connectivity index (χ0) is 11.3. The Kier molecular flexibility index (Phi) is 4.77. The second kappa shape index (κ2) is 5.64. The number of halogens is 1. The van der Waals surface area contributed by atoms with Crippen LogP contribution in [-0.4, -0.2) is 19.3 Å². The van der Waals surface area contributed by atoms with Crippen molar-refractivity contribution in [2.45, 2.75) is 25.3 Å². The number of ether oxygens (including phenoxy) is 1. The van der Waals surface area contributed by atoms with Crippen molar-refractivity contribution in [2.24, 2.45) is 5.73 Å². The standard InChI is InChI=1S/C12H18BrNO/c1-3-12(14,9-15-2)8-10-4-6-11(13)7-5-10/h4-7H,3,8-9,14H2,1-2H3. The maximum atomic E-state index is 6.24. The molecule has 0 bridgehead atoms. The summed E-state index contributed by atoms with van der Waals surface area (Å²) in [4.78, 5) is 0. The lowest BCUT2D eigenvalue weighted by Crippen LogP contribution is -2.45. The summed E-state index contributed by atoms with van der Waals surface area (Å²) in [5, 5.41) is 0. The maximum absolute atomic E-state index is 6.24. The summed E-state index contributed by atoms with van der Waals surface area (Å²) in [5.41, 5.74) is 7.24. The number of nitrogens with two attached hydrogens (primary N) is 1. The van der Waals surface area contributed by atoms with Crippen LogP contribution in [0.2, 0.25) is 0 Å². The third-order valence-electron chi connectivity index (χ3n) is 2.61. The molecule has 0 heterocycles. The van der Waals surface area contributed by atoms with Gasteiger partial charge in [0, 0.05) is 17.1 Å². The van der Waals surface area contributed by atoms with Gasteiger partial charge in [-0.2, -0.15) is 0 Å². The average molecular weight is 272 g/mol. The lowest BCUT2D eigenvalue weighted by molar-refractivity contribution is 0.129. The Morgan fingerprint density at radius 3 is 2.40 bits per heavy atom. The van der Waals surface area contributed by atoms with E-state index in [2.05, 4.69) is 35.0 Å². The molecule has 0 spiro atoms. The van der Waals surface area contributed by atoms with E-state index in [1.807, 2.05) is 12.1 Å². The summed E-state index contributed by atoms with van der Waals surface area (Å²) in [6.07, 6.45) is 1.77. The first kappa shape index (κ1) is 12.7. The topological polar surface area (TPSA) is 35.2 Å². The Bertz CT molecular complexity index is 299. The van der Waals surface area contributed by atoms with Gasteiger partial charge in [-0.15, -0.1) is 0 Å². The third-order valence-corrected chi connectivity index (χ3v) is 3.13. The molecule has 1 rings (SSSR count). The lowest BCUT2D eigenvalue weighted by atomic mass is 9.90. The van der Waals surface area contributed by atoms with E-state index in [0.29, 0.717) is 6.61 Å². The van der Waals surface area contributed by atoms with Gasteiger partial charge in [0.2, 0.25) is 0 Å².